The Morgan fingerprint density at radius 2 is 1.83 bits per heavy atom. The Balaban J connectivity index is 1.18. The van der Waals surface area contributed by atoms with E-state index in [2.05, 4.69) is 40.5 Å². The molecular formula is C23H29N3O3. The number of likely N-dealkylation sites (tertiary alicyclic amines) is 1. The molecule has 0 unspecified atom stereocenters. The first-order valence-corrected chi connectivity index (χ1v) is 10.3. The van der Waals surface area contributed by atoms with E-state index >= 15 is 0 Å². The summed E-state index contributed by atoms with van der Waals surface area (Å²) in [6.45, 7) is 4.39. The standard InChI is InChI=1S/C23H29N3O3/c1-25(14-19-7-8-21-22(13-19)29-17-28-21)16-23(27)24-20-9-11-26(12-10-20)15-18-5-3-2-4-6-18/h2-8,13,20H,9-12,14-17H2,1H3,(H,24,27). The number of amides is 1. The molecule has 154 valence electrons. The first-order valence-electron chi connectivity index (χ1n) is 10.3. The van der Waals surface area contributed by atoms with Crippen molar-refractivity contribution in [3.05, 3.63) is 59.7 Å². The number of rotatable bonds is 7. The average Bonchev–Trinajstić information content (AvgIpc) is 3.18. The number of nitrogens with zero attached hydrogens (tertiary/aromatic N) is 2. The molecule has 0 spiro atoms. The molecule has 0 atom stereocenters. The molecule has 29 heavy (non-hydrogen) atoms. The Bertz CT molecular complexity index is 819. The molecule has 1 amide bonds. The van der Waals surface area contributed by atoms with Crippen molar-refractivity contribution in [2.45, 2.75) is 32.0 Å². The van der Waals surface area contributed by atoms with Gasteiger partial charge < -0.3 is 14.8 Å². The first kappa shape index (κ1) is 19.7. The van der Waals surface area contributed by atoms with E-state index in [1.165, 1.54) is 5.56 Å². The lowest BCUT2D eigenvalue weighted by Gasteiger charge is -2.32. The molecule has 1 saturated heterocycles. The van der Waals surface area contributed by atoms with Gasteiger partial charge in [-0.3, -0.25) is 14.6 Å². The van der Waals surface area contributed by atoms with Gasteiger partial charge in [0.15, 0.2) is 11.5 Å². The quantitative estimate of drug-likeness (QED) is 0.781. The van der Waals surface area contributed by atoms with Crippen LogP contribution in [0.1, 0.15) is 24.0 Å². The lowest BCUT2D eigenvalue weighted by molar-refractivity contribution is -0.123. The number of benzene rings is 2. The van der Waals surface area contributed by atoms with Crippen molar-refractivity contribution in [3.63, 3.8) is 0 Å². The molecule has 6 nitrogen and oxygen atoms in total. The maximum absolute atomic E-state index is 12.5. The molecule has 2 heterocycles. The van der Waals surface area contributed by atoms with E-state index in [4.69, 9.17) is 9.47 Å². The van der Waals surface area contributed by atoms with Crippen molar-refractivity contribution >= 4 is 5.91 Å². The molecule has 2 aliphatic heterocycles. The minimum atomic E-state index is 0.0924. The summed E-state index contributed by atoms with van der Waals surface area (Å²) < 4.78 is 10.8. The molecule has 1 fully saturated rings. The normalized spacial score (nSPS) is 16.9. The monoisotopic (exact) mass is 395 g/mol. The fraction of sp³-hybridized carbons (Fsp3) is 0.435. The summed E-state index contributed by atoms with van der Waals surface area (Å²) in [4.78, 5) is 16.9. The van der Waals surface area contributed by atoms with Crippen molar-refractivity contribution < 1.29 is 14.3 Å². The third kappa shape index (κ3) is 5.49. The molecule has 0 aromatic heterocycles. The van der Waals surface area contributed by atoms with Crippen molar-refractivity contribution in [2.24, 2.45) is 0 Å². The predicted octanol–water partition coefficient (Wildman–Crippen LogP) is 2.63. The number of fused-ring (bicyclic) bond motifs is 1. The van der Waals surface area contributed by atoms with Gasteiger partial charge in [-0.25, -0.2) is 0 Å². The molecule has 2 aliphatic rings. The van der Waals surface area contributed by atoms with E-state index < -0.39 is 0 Å². The SMILES string of the molecule is CN(CC(=O)NC1CCN(Cc2ccccc2)CC1)Cc1ccc2c(c1)OCO2. The van der Waals surface area contributed by atoms with E-state index in [1.54, 1.807) is 0 Å². The molecule has 4 rings (SSSR count). The maximum atomic E-state index is 12.5. The van der Waals surface area contributed by atoms with Gasteiger partial charge in [-0.2, -0.15) is 0 Å². The molecule has 0 bridgehead atoms. The van der Waals surface area contributed by atoms with Gasteiger partial charge in [0.2, 0.25) is 12.7 Å². The zero-order valence-corrected chi connectivity index (χ0v) is 17.0. The molecule has 2 aromatic carbocycles. The van der Waals surface area contributed by atoms with E-state index in [9.17, 15) is 4.79 Å². The van der Waals surface area contributed by atoms with Crippen LogP contribution in [0.15, 0.2) is 48.5 Å². The number of carbonyl (C=O) groups is 1. The fourth-order valence-corrected chi connectivity index (χ4v) is 4.00. The first-order chi connectivity index (χ1) is 14.2. The van der Waals surface area contributed by atoms with Crippen molar-refractivity contribution in [2.75, 3.05) is 33.5 Å². The van der Waals surface area contributed by atoms with Crippen LogP contribution in [0.5, 0.6) is 11.5 Å². The third-order valence-electron chi connectivity index (χ3n) is 5.50. The number of piperidine rings is 1. The van der Waals surface area contributed by atoms with Crippen LogP contribution in [0, 0.1) is 0 Å². The molecule has 6 heteroatoms. The van der Waals surface area contributed by atoms with Crippen LogP contribution in [-0.4, -0.2) is 55.2 Å². The van der Waals surface area contributed by atoms with Crippen LogP contribution in [-0.2, 0) is 17.9 Å². The molecule has 0 radical (unpaired) electrons. The van der Waals surface area contributed by atoms with E-state index in [0.717, 1.165) is 49.5 Å². The largest absolute Gasteiger partial charge is 0.454 e. The third-order valence-corrected chi connectivity index (χ3v) is 5.50. The molecule has 1 N–H and O–H groups in total. The number of likely N-dealkylation sites (N-methyl/N-ethyl adjacent to an activating group) is 1. The van der Waals surface area contributed by atoms with Crippen molar-refractivity contribution in [3.8, 4) is 11.5 Å². The van der Waals surface area contributed by atoms with E-state index in [0.29, 0.717) is 13.1 Å². The van der Waals surface area contributed by atoms with Gasteiger partial charge in [-0.15, -0.1) is 0 Å². The molecule has 0 saturated carbocycles. The Morgan fingerprint density at radius 1 is 1.07 bits per heavy atom. The lowest BCUT2D eigenvalue weighted by Crippen LogP contribution is -2.46. The number of hydrogen-bond acceptors (Lipinski definition) is 5. The zero-order valence-electron chi connectivity index (χ0n) is 17.0. The summed E-state index contributed by atoms with van der Waals surface area (Å²) in [5, 5.41) is 3.21. The van der Waals surface area contributed by atoms with Gasteiger partial charge >= 0.3 is 0 Å². The van der Waals surface area contributed by atoms with Crippen LogP contribution < -0.4 is 14.8 Å². The van der Waals surface area contributed by atoms with Gasteiger partial charge in [0.25, 0.3) is 0 Å². The van der Waals surface area contributed by atoms with E-state index in [-0.39, 0.29) is 18.7 Å². The summed E-state index contributed by atoms with van der Waals surface area (Å²) in [6.07, 6.45) is 2.01. The Kier molecular flexibility index (Phi) is 6.32. The Hall–Kier alpha value is -2.57. The highest BCUT2D eigenvalue weighted by Gasteiger charge is 2.21. The van der Waals surface area contributed by atoms with Gasteiger partial charge in [-0.05, 0) is 43.1 Å². The van der Waals surface area contributed by atoms with E-state index in [1.807, 2.05) is 30.1 Å². The summed E-state index contributed by atoms with van der Waals surface area (Å²) in [5.41, 5.74) is 2.46. The summed E-state index contributed by atoms with van der Waals surface area (Å²) in [5.74, 6) is 1.66. The van der Waals surface area contributed by atoms with Crippen molar-refractivity contribution in [1.82, 2.24) is 15.1 Å². The maximum Gasteiger partial charge on any atom is 0.234 e. The number of ether oxygens (including phenoxy) is 2. The smallest absolute Gasteiger partial charge is 0.234 e. The minimum absolute atomic E-state index is 0.0924. The predicted molar refractivity (Wildman–Crippen MR) is 112 cm³/mol. The highest BCUT2D eigenvalue weighted by molar-refractivity contribution is 5.78. The Morgan fingerprint density at radius 3 is 2.62 bits per heavy atom. The minimum Gasteiger partial charge on any atom is -0.454 e. The highest BCUT2D eigenvalue weighted by atomic mass is 16.7. The lowest BCUT2D eigenvalue weighted by atomic mass is 10.0. The van der Waals surface area contributed by atoms with Gasteiger partial charge in [0, 0.05) is 32.2 Å². The fourth-order valence-electron chi connectivity index (χ4n) is 4.00. The molecule has 2 aromatic rings. The zero-order chi connectivity index (χ0) is 20.1. The van der Waals surface area contributed by atoms with Gasteiger partial charge in [-0.1, -0.05) is 36.4 Å². The van der Waals surface area contributed by atoms with Crippen LogP contribution in [0.4, 0.5) is 0 Å². The van der Waals surface area contributed by atoms with Crippen LogP contribution in [0.25, 0.3) is 0 Å². The summed E-state index contributed by atoms with van der Waals surface area (Å²) >= 11 is 0. The van der Waals surface area contributed by atoms with Crippen LogP contribution in [0.3, 0.4) is 0 Å². The summed E-state index contributed by atoms with van der Waals surface area (Å²) in [6, 6.07) is 16.8. The van der Waals surface area contributed by atoms with Gasteiger partial charge in [0.1, 0.15) is 0 Å². The second-order valence-electron chi connectivity index (χ2n) is 7.96. The van der Waals surface area contributed by atoms with Crippen molar-refractivity contribution in [1.29, 1.82) is 0 Å². The molecular weight excluding hydrogens is 366 g/mol. The topological polar surface area (TPSA) is 54.0 Å². The Labute approximate surface area is 172 Å². The van der Waals surface area contributed by atoms with Crippen LogP contribution in [0.2, 0.25) is 0 Å². The number of carbonyl (C=O) groups excluding carboxylic acids is 1. The van der Waals surface area contributed by atoms with Gasteiger partial charge in [0.05, 0.1) is 6.54 Å². The van der Waals surface area contributed by atoms with Crippen LogP contribution >= 0.6 is 0 Å². The second-order valence-corrected chi connectivity index (χ2v) is 7.96. The molecule has 0 aliphatic carbocycles. The highest BCUT2D eigenvalue weighted by Crippen LogP contribution is 2.32. The summed E-state index contributed by atoms with van der Waals surface area (Å²) in [7, 11) is 1.96. The number of hydrogen-bond donors (Lipinski definition) is 1. The average molecular weight is 396 g/mol. The second kappa shape index (κ2) is 9.29. The number of nitrogens with one attached hydrogen (secondary N) is 1.